The molecular formula is C13H14F2N2O. The Morgan fingerprint density at radius 3 is 2.78 bits per heavy atom. The summed E-state index contributed by atoms with van der Waals surface area (Å²) in [7, 11) is 1.54. The molecule has 0 fully saturated rings. The first kappa shape index (κ1) is 14.1. The minimum Gasteiger partial charge on any atom is -0.344 e. The number of likely N-dealkylation sites (N-methyl/N-ethyl adjacent to an activating group) is 1. The fourth-order valence-electron chi connectivity index (χ4n) is 1.54. The quantitative estimate of drug-likeness (QED) is 0.824. The van der Waals surface area contributed by atoms with Crippen molar-refractivity contribution in [1.82, 2.24) is 4.90 Å². The summed E-state index contributed by atoms with van der Waals surface area (Å²) in [5, 5.41) is 8.64. The van der Waals surface area contributed by atoms with E-state index >= 15 is 0 Å². The molecule has 0 aliphatic heterocycles. The summed E-state index contributed by atoms with van der Waals surface area (Å²) in [5.41, 5.74) is 0.0245. The standard InChI is InChI=1S/C13H14F2N2O/c1-9(7-16)8-17(2)12(18)6-10-4-3-5-11(14)13(10)15/h3-5,9H,6,8H2,1-2H3. The molecule has 1 aromatic rings. The topological polar surface area (TPSA) is 44.1 Å². The van der Waals surface area contributed by atoms with Crippen molar-refractivity contribution in [2.24, 2.45) is 5.92 Å². The summed E-state index contributed by atoms with van der Waals surface area (Å²) in [6.45, 7) is 1.96. The van der Waals surface area contributed by atoms with Crippen molar-refractivity contribution < 1.29 is 13.6 Å². The van der Waals surface area contributed by atoms with E-state index in [1.807, 2.05) is 6.07 Å². The zero-order valence-electron chi connectivity index (χ0n) is 10.3. The lowest BCUT2D eigenvalue weighted by Crippen LogP contribution is -2.32. The Kier molecular flexibility index (Phi) is 4.78. The third-order valence-corrected chi connectivity index (χ3v) is 2.57. The van der Waals surface area contributed by atoms with Gasteiger partial charge >= 0.3 is 0 Å². The molecule has 0 aliphatic rings. The smallest absolute Gasteiger partial charge is 0.226 e. The van der Waals surface area contributed by atoms with Gasteiger partial charge in [-0.1, -0.05) is 12.1 Å². The summed E-state index contributed by atoms with van der Waals surface area (Å²) >= 11 is 0. The highest BCUT2D eigenvalue weighted by atomic mass is 19.2. The molecule has 0 radical (unpaired) electrons. The van der Waals surface area contributed by atoms with Crippen molar-refractivity contribution >= 4 is 5.91 Å². The van der Waals surface area contributed by atoms with E-state index in [2.05, 4.69) is 0 Å². The molecule has 0 saturated heterocycles. The number of benzene rings is 1. The maximum absolute atomic E-state index is 13.4. The Morgan fingerprint density at radius 1 is 1.50 bits per heavy atom. The number of rotatable bonds is 4. The van der Waals surface area contributed by atoms with Gasteiger partial charge < -0.3 is 4.90 Å². The molecule has 0 heterocycles. The van der Waals surface area contributed by atoms with Gasteiger partial charge in [0.25, 0.3) is 0 Å². The van der Waals surface area contributed by atoms with Crippen LogP contribution in [0.2, 0.25) is 0 Å². The van der Waals surface area contributed by atoms with Crippen LogP contribution in [0.4, 0.5) is 8.78 Å². The molecule has 96 valence electrons. The molecule has 0 N–H and O–H groups in total. The summed E-state index contributed by atoms with van der Waals surface area (Å²) in [6.07, 6.45) is -0.210. The van der Waals surface area contributed by atoms with Crippen LogP contribution in [0.25, 0.3) is 0 Å². The van der Waals surface area contributed by atoms with Crippen LogP contribution >= 0.6 is 0 Å². The Balaban J connectivity index is 2.70. The fraction of sp³-hybridized carbons (Fsp3) is 0.385. The van der Waals surface area contributed by atoms with Gasteiger partial charge in [0, 0.05) is 19.2 Å². The minimum absolute atomic E-state index is 0.0245. The molecule has 0 aromatic heterocycles. The SMILES string of the molecule is CC(C#N)CN(C)C(=O)Cc1cccc(F)c1F. The number of amides is 1. The van der Waals surface area contributed by atoms with Gasteiger partial charge in [-0.15, -0.1) is 0 Å². The Hall–Kier alpha value is -1.96. The van der Waals surface area contributed by atoms with Crippen LogP contribution in [-0.4, -0.2) is 24.4 Å². The second-order valence-electron chi connectivity index (χ2n) is 4.19. The van der Waals surface area contributed by atoms with E-state index in [1.165, 1.54) is 24.1 Å². The van der Waals surface area contributed by atoms with Crippen LogP contribution in [0.5, 0.6) is 0 Å². The van der Waals surface area contributed by atoms with Crippen molar-refractivity contribution in [2.75, 3.05) is 13.6 Å². The maximum atomic E-state index is 13.4. The third kappa shape index (κ3) is 3.52. The molecule has 1 aromatic carbocycles. The molecular weight excluding hydrogens is 238 g/mol. The Morgan fingerprint density at radius 2 is 2.17 bits per heavy atom. The molecule has 18 heavy (non-hydrogen) atoms. The molecule has 1 amide bonds. The lowest BCUT2D eigenvalue weighted by Gasteiger charge is -2.18. The molecule has 1 atom stereocenters. The van der Waals surface area contributed by atoms with E-state index in [0.717, 1.165) is 6.07 Å². The second-order valence-corrected chi connectivity index (χ2v) is 4.19. The Labute approximate surface area is 105 Å². The lowest BCUT2D eigenvalue weighted by molar-refractivity contribution is -0.129. The van der Waals surface area contributed by atoms with E-state index in [4.69, 9.17) is 5.26 Å². The zero-order chi connectivity index (χ0) is 13.7. The predicted molar refractivity (Wildman–Crippen MR) is 62.5 cm³/mol. The normalized spacial score (nSPS) is 11.7. The van der Waals surface area contributed by atoms with Gasteiger partial charge in [0.2, 0.25) is 5.91 Å². The molecule has 1 rings (SSSR count). The van der Waals surface area contributed by atoms with Crippen molar-refractivity contribution in [3.8, 4) is 6.07 Å². The summed E-state index contributed by atoms with van der Waals surface area (Å²) in [4.78, 5) is 13.1. The van der Waals surface area contributed by atoms with Gasteiger partial charge in [-0.25, -0.2) is 8.78 Å². The summed E-state index contributed by atoms with van der Waals surface area (Å²) in [6, 6.07) is 5.74. The minimum atomic E-state index is -0.993. The lowest BCUT2D eigenvalue weighted by atomic mass is 10.1. The first-order chi connectivity index (χ1) is 8.45. The van der Waals surface area contributed by atoms with Gasteiger partial charge in [-0.2, -0.15) is 5.26 Å². The number of carbonyl (C=O) groups excluding carboxylic acids is 1. The Bertz CT molecular complexity index is 482. The van der Waals surface area contributed by atoms with Crippen LogP contribution in [0.15, 0.2) is 18.2 Å². The fourth-order valence-corrected chi connectivity index (χ4v) is 1.54. The predicted octanol–water partition coefficient (Wildman–Crippen LogP) is 2.13. The molecule has 0 spiro atoms. The van der Waals surface area contributed by atoms with Crippen LogP contribution in [0.3, 0.4) is 0 Å². The molecule has 3 nitrogen and oxygen atoms in total. The highest BCUT2D eigenvalue weighted by Crippen LogP contribution is 2.13. The number of hydrogen-bond acceptors (Lipinski definition) is 2. The molecule has 1 unspecified atom stereocenters. The van der Waals surface area contributed by atoms with E-state index in [0.29, 0.717) is 0 Å². The molecule has 5 heteroatoms. The number of halogens is 2. The van der Waals surface area contributed by atoms with Crippen molar-refractivity contribution in [3.63, 3.8) is 0 Å². The third-order valence-electron chi connectivity index (χ3n) is 2.57. The van der Waals surface area contributed by atoms with Gasteiger partial charge in [0.1, 0.15) is 0 Å². The van der Waals surface area contributed by atoms with Gasteiger partial charge in [0.05, 0.1) is 18.4 Å². The van der Waals surface area contributed by atoms with E-state index in [9.17, 15) is 13.6 Å². The van der Waals surface area contributed by atoms with Crippen molar-refractivity contribution in [1.29, 1.82) is 5.26 Å². The highest BCUT2D eigenvalue weighted by molar-refractivity contribution is 5.78. The zero-order valence-corrected chi connectivity index (χ0v) is 10.3. The number of nitrogens with zero attached hydrogens (tertiary/aromatic N) is 2. The summed E-state index contributed by atoms with van der Waals surface area (Å²) in [5.74, 6) is -2.60. The van der Waals surface area contributed by atoms with Gasteiger partial charge in [-0.3, -0.25) is 4.79 Å². The largest absolute Gasteiger partial charge is 0.344 e. The van der Waals surface area contributed by atoms with E-state index in [-0.39, 0.29) is 30.4 Å². The number of hydrogen-bond donors (Lipinski definition) is 0. The number of nitriles is 1. The average Bonchev–Trinajstić information content (AvgIpc) is 2.34. The highest BCUT2D eigenvalue weighted by Gasteiger charge is 2.16. The van der Waals surface area contributed by atoms with Crippen molar-refractivity contribution in [2.45, 2.75) is 13.3 Å². The van der Waals surface area contributed by atoms with Gasteiger partial charge in [-0.05, 0) is 13.0 Å². The maximum Gasteiger partial charge on any atom is 0.226 e. The van der Waals surface area contributed by atoms with E-state index < -0.39 is 11.6 Å². The molecule has 0 saturated carbocycles. The molecule has 0 bridgehead atoms. The van der Waals surface area contributed by atoms with Gasteiger partial charge in [0.15, 0.2) is 11.6 Å². The average molecular weight is 252 g/mol. The van der Waals surface area contributed by atoms with Crippen LogP contribution in [0, 0.1) is 28.9 Å². The first-order valence-corrected chi connectivity index (χ1v) is 5.52. The van der Waals surface area contributed by atoms with E-state index in [1.54, 1.807) is 6.92 Å². The second kappa shape index (κ2) is 6.10. The summed E-state index contributed by atoms with van der Waals surface area (Å²) < 4.78 is 26.3. The van der Waals surface area contributed by atoms with Crippen LogP contribution in [-0.2, 0) is 11.2 Å². The van der Waals surface area contributed by atoms with Crippen LogP contribution in [0.1, 0.15) is 12.5 Å². The first-order valence-electron chi connectivity index (χ1n) is 5.52. The van der Waals surface area contributed by atoms with Crippen LogP contribution < -0.4 is 0 Å². The number of carbonyl (C=O) groups is 1. The monoisotopic (exact) mass is 252 g/mol. The van der Waals surface area contributed by atoms with Crippen molar-refractivity contribution in [3.05, 3.63) is 35.4 Å². The molecule has 0 aliphatic carbocycles.